The molecule has 0 aliphatic carbocycles. The lowest BCUT2D eigenvalue weighted by molar-refractivity contribution is -0.121. The first-order chi connectivity index (χ1) is 8.93. The van der Waals surface area contributed by atoms with Crippen LogP contribution in [0.1, 0.15) is 18.4 Å². The lowest BCUT2D eigenvalue weighted by Gasteiger charge is -2.05. The Hall–Kier alpha value is -1.44. The standard InChI is InChI=1S/C12H18N2O4S/c13-19(17,18)11-5-2-10(3-6-11)4-7-12(16)14-8-1-9-15/h2-3,5-6,15H,1,4,7-9H2,(H,14,16)(H2,13,17,18). The minimum atomic E-state index is -3.67. The van der Waals surface area contributed by atoms with Crippen LogP contribution in [0.4, 0.5) is 0 Å². The van der Waals surface area contributed by atoms with Crippen molar-refractivity contribution >= 4 is 15.9 Å². The van der Waals surface area contributed by atoms with Gasteiger partial charge in [-0.1, -0.05) is 12.1 Å². The summed E-state index contributed by atoms with van der Waals surface area (Å²) < 4.78 is 22.1. The molecule has 0 heterocycles. The van der Waals surface area contributed by atoms with Crippen molar-refractivity contribution in [3.8, 4) is 0 Å². The maximum atomic E-state index is 11.4. The second-order valence-corrected chi connectivity index (χ2v) is 5.68. The minimum absolute atomic E-state index is 0.0509. The summed E-state index contributed by atoms with van der Waals surface area (Å²) in [6.45, 7) is 0.509. The van der Waals surface area contributed by atoms with E-state index in [1.54, 1.807) is 12.1 Å². The summed E-state index contributed by atoms with van der Waals surface area (Å²) in [6.07, 6.45) is 1.38. The number of amides is 1. The van der Waals surface area contributed by atoms with Crippen molar-refractivity contribution in [1.29, 1.82) is 0 Å². The van der Waals surface area contributed by atoms with Crippen LogP contribution < -0.4 is 10.5 Å². The summed E-state index contributed by atoms with van der Waals surface area (Å²) in [5.74, 6) is -0.0935. The van der Waals surface area contributed by atoms with Crippen molar-refractivity contribution < 1.29 is 18.3 Å². The van der Waals surface area contributed by atoms with Gasteiger partial charge in [-0.05, 0) is 30.5 Å². The smallest absolute Gasteiger partial charge is 0.238 e. The molecule has 1 aromatic rings. The van der Waals surface area contributed by atoms with Gasteiger partial charge in [0, 0.05) is 19.6 Å². The van der Waals surface area contributed by atoms with Crippen molar-refractivity contribution in [2.45, 2.75) is 24.2 Å². The van der Waals surface area contributed by atoms with Gasteiger partial charge in [0.2, 0.25) is 15.9 Å². The summed E-state index contributed by atoms with van der Waals surface area (Å²) in [6, 6.07) is 6.13. The number of hydrogen-bond acceptors (Lipinski definition) is 4. The Balaban J connectivity index is 2.44. The van der Waals surface area contributed by atoms with Gasteiger partial charge in [-0.25, -0.2) is 13.6 Å². The Kier molecular flexibility index (Phi) is 5.94. The molecule has 0 saturated heterocycles. The van der Waals surface area contributed by atoms with E-state index in [-0.39, 0.29) is 17.4 Å². The van der Waals surface area contributed by atoms with Gasteiger partial charge in [0.05, 0.1) is 4.90 Å². The molecule has 6 nitrogen and oxygen atoms in total. The molecular weight excluding hydrogens is 268 g/mol. The van der Waals surface area contributed by atoms with Crippen molar-refractivity contribution in [1.82, 2.24) is 5.32 Å². The topological polar surface area (TPSA) is 109 Å². The van der Waals surface area contributed by atoms with E-state index >= 15 is 0 Å². The molecule has 0 radical (unpaired) electrons. The van der Waals surface area contributed by atoms with Crippen LogP contribution >= 0.6 is 0 Å². The molecule has 1 rings (SSSR count). The SMILES string of the molecule is NS(=O)(=O)c1ccc(CCC(=O)NCCCO)cc1. The van der Waals surface area contributed by atoms with Gasteiger partial charge in [0.15, 0.2) is 0 Å². The molecule has 0 aliphatic heterocycles. The highest BCUT2D eigenvalue weighted by Crippen LogP contribution is 2.10. The number of nitrogens with one attached hydrogen (secondary N) is 1. The second kappa shape index (κ2) is 7.22. The molecule has 19 heavy (non-hydrogen) atoms. The van der Waals surface area contributed by atoms with Crippen molar-refractivity contribution in [3.05, 3.63) is 29.8 Å². The number of nitrogens with two attached hydrogens (primary N) is 1. The van der Waals surface area contributed by atoms with E-state index in [0.29, 0.717) is 25.8 Å². The molecule has 0 bridgehead atoms. The van der Waals surface area contributed by atoms with Gasteiger partial charge in [-0.15, -0.1) is 0 Å². The van der Waals surface area contributed by atoms with Gasteiger partial charge in [0.25, 0.3) is 0 Å². The van der Waals surface area contributed by atoms with Gasteiger partial charge in [0.1, 0.15) is 0 Å². The fourth-order valence-corrected chi connectivity index (χ4v) is 2.01. The number of carbonyl (C=O) groups is 1. The monoisotopic (exact) mass is 286 g/mol. The van der Waals surface area contributed by atoms with E-state index in [9.17, 15) is 13.2 Å². The average Bonchev–Trinajstić information content (AvgIpc) is 2.36. The van der Waals surface area contributed by atoms with Gasteiger partial charge in [-0.2, -0.15) is 0 Å². The Bertz CT molecular complexity index is 511. The van der Waals surface area contributed by atoms with E-state index < -0.39 is 10.0 Å². The highest BCUT2D eigenvalue weighted by atomic mass is 32.2. The van der Waals surface area contributed by atoms with Crippen molar-refractivity contribution in [3.63, 3.8) is 0 Å². The van der Waals surface area contributed by atoms with Crippen LogP contribution in [0.5, 0.6) is 0 Å². The number of aliphatic hydroxyl groups is 1. The van der Waals surface area contributed by atoms with E-state index in [1.807, 2.05) is 0 Å². The number of sulfonamides is 1. The first-order valence-corrected chi connectivity index (χ1v) is 7.47. The quantitative estimate of drug-likeness (QED) is 0.601. The van der Waals surface area contributed by atoms with Crippen molar-refractivity contribution in [2.24, 2.45) is 5.14 Å². The summed E-state index contributed by atoms with van der Waals surface area (Å²) in [5.41, 5.74) is 0.865. The minimum Gasteiger partial charge on any atom is -0.396 e. The predicted molar refractivity (Wildman–Crippen MR) is 70.8 cm³/mol. The number of rotatable bonds is 7. The first-order valence-electron chi connectivity index (χ1n) is 5.93. The number of carbonyl (C=O) groups excluding carboxylic acids is 1. The van der Waals surface area contributed by atoms with E-state index in [1.165, 1.54) is 12.1 Å². The molecule has 106 valence electrons. The number of aryl methyl sites for hydroxylation is 1. The Morgan fingerprint density at radius 2 is 1.89 bits per heavy atom. The largest absolute Gasteiger partial charge is 0.396 e. The molecule has 1 amide bonds. The molecule has 0 saturated carbocycles. The zero-order chi connectivity index (χ0) is 14.3. The van der Waals surface area contributed by atoms with Crippen LogP contribution in [0.25, 0.3) is 0 Å². The summed E-state index contributed by atoms with van der Waals surface area (Å²) in [7, 11) is -3.67. The fraction of sp³-hybridized carbons (Fsp3) is 0.417. The third kappa shape index (κ3) is 5.82. The molecule has 1 aromatic carbocycles. The van der Waals surface area contributed by atoms with Gasteiger partial charge >= 0.3 is 0 Å². The number of hydrogen-bond donors (Lipinski definition) is 3. The molecule has 0 unspecified atom stereocenters. The van der Waals surface area contributed by atoms with Gasteiger partial charge < -0.3 is 10.4 Å². The van der Waals surface area contributed by atoms with Crippen LogP contribution in [0, 0.1) is 0 Å². The maximum Gasteiger partial charge on any atom is 0.238 e. The Morgan fingerprint density at radius 1 is 1.26 bits per heavy atom. The first kappa shape index (κ1) is 15.6. The normalized spacial score (nSPS) is 11.3. The zero-order valence-electron chi connectivity index (χ0n) is 10.5. The molecule has 7 heteroatoms. The van der Waals surface area contributed by atoms with Crippen LogP contribution in [-0.4, -0.2) is 32.6 Å². The highest BCUT2D eigenvalue weighted by molar-refractivity contribution is 7.89. The number of aliphatic hydroxyl groups excluding tert-OH is 1. The molecule has 0 spiro atoms. The third-order valence-electron chi connectivity index (χ3n) is 2.55. The Labute approximate surface area is 112 Å². The molecule has 0 aliphatic rings. The Morgan fingerprint density at radius 3 is 2.42 bits per heavy atom. The van der Waals surface area contributed by atoms with E-state index in [2.05, 4.69) is 5.32 Å². The number of benzene rings is 1. The summed E-state index contributed by atoms with van der Waals surface area (Å²) in [5, 5.41) is 16.2. The molecule has 0 atom stereocenters. The summed E-state index contributed by atoms with van der Waals surface area (Å²) in [4.78, 5) is 11.5. The number of primary sulfonamides is 1. The van der Waals surface area contributed by atoms with Crippen LogP contribution in [0.15, 0.2) is 29.2 Å². The molecule has 4 N–H and O–H groups in total. The maximum absolute atomic E-state index is 11.4. The molecular formula is C12H18N2O4S. The third-order valence-corrected chi connectivity index (χ3v) is 3.48. The lowest BCUT2D eigenvalue weighted by atomic mass is 10.1. The fourth-order valence-electron chi connectivity index (χ4n) is 1.50. The van der Waals surface area contributed by atoms with E-state index in [4.69, 9.17) is 10.2 Å². The van der Waals surface area contributed by atoms with Crippen LogP contribution in [0.2, 0.25) is 0 Å². The summed E-state index contributed by atoms with van der Waals surface area (Å²) >= 11 is 0. The van der Waals surface area contributed by atoms with Crippen LogP contribution in [-0.2, 0) is 21.2 Å². The zero-order valence-corrected chi connectivity index (χ0v) is 11.3. The van der Waals surface area contributed by atoms with Gasteiger partial charge in [-0.3, -0.25) is 4.79 Å². The van der Waals surface area contributed by atoms with Crippen molar-refractivity contribution in [2.75, 3.05) is 13.2 Å². The predicted octanol–water partition coefficient (Wildman–Crippen LogP) is -0.235. The molecule has 0 aromatic heterocycles. The second-order valence-electron chi connectivity index (χ2n) is 4.12. The average molecular weight is 286 g/mol. The van der Waals surface area contributed by atoms with Crippen LogP contribution in [0.3, 0.4) is 0 Å². The lowest BCUT2D eigenvalue weighted by Crippen LogP contribution is -2.25. The van der Waals surface area contributed by atoms with E-state index in [0.717, 1.165) is 5.56 Å². The molecule has 0 fully saturated rings. The highest BCUT2D eigenvalue weighted by Gasteiger charge is 2.07.